The van der Waals surface area contributed by atoms with Crippen molar-refractivity contribution in [1.29, 1.82) is 0 Å². The lowest BCUT2D eigenvalue weighted by atomic mass is 10.2. The van der Waals surface area contributed by atoms with Gasteiger partial charge in [0, 0.05) is 12.1 Å². The number of rotatable bonds is 6. The zero-order valence-corrected chi connectivity index (χ0v) is 11.9. The third kappa shape index (κ3) is 3.38. The molecule has 0 aliphatic carbocycles. The highest BCUT2D eigenvalue weighted by atomic mass is 16.6. The van der Waals surface area contributed by atoms with Gasteiger partial charge in [0.25, 0.3) is 0 Å². The molecular weight excluding hydrogens is 274 g/mol. The molecule has 0 spiro atoms. The summed E-state index contributed by atoms with van der Waals surface area (Å²) in [6, 6.07) is 4.65. The minimum Gasteiger partial charge on any atom is -0.480 e. The van der Waals surface area contributed by atoms with Gasteiger partial charge >= 0.3 is 5.69 Å². The minimum atomic E-state index is -0.520. The number of hydrogen-bond donors (Lipinski definition) is 1. The molecule has 7 nitrogen and oxygen atoms in total. The Kier molecular flexibility index (Phi) is 4.54. The van der Waals surface area contributed by atoms with Gasteiger partial charge in [0.15, 0.2) is 5.75 Å². The molecule has 1 N–H and O–H groups in total. The molecule has 1 aromatic carbocycles. The third-order valence-corrected chi connectivity index (χ3v) is 3.08. The Balaban J connectivity index is 2.20. The number of hydrogen-bond acceptors (Lipinski definition) is 5. The summed E-state index contributed by atoms with van der Waals surface area (Å²) >= 11 is 0. The van der Waals surface area contributed by atoms with Crippen LogP contribution in [0.3, 0.4) is 0 Å². The maximum Gasteiger partial charge on any atom is 0.311 e. The fourth-order valence-electron chi connectivity index (χ4n) is 1.99. The van der Waals surface area contributed by atoms with Gasteiger partial charge in [-0.05, 0) is 25.5 Å². The van der Waals surface area contributed by atoms with Crippen molar-refractivity contribution in [2.45, 2.75) is 33.1 Å². The van der Waals surface area contributed by atoms with Crippen molar-refractivity contribution in [1.82, 2.24) is 9.55 Å². The zero-order chi connectivity index (χ0) is 15.4. The van der Waals surface area contributed by atoms with Crippen LogP contribution in [-0.4, -0.2) is 19.6 Å². The Labute approximate surface area is 122 Å². The molecule has 0 amide bonds. The molecule has 0 saturated heterocycles. The molecule has 2 aromatic rings. The highest BCUT2D eigenvalue weighted by molar-refractivity contribution is 5.48. The second-order valence-corrected chi connectivity index (χ2v) is 4.89. The van der Waals surface area contributed by atoms with E-state index in [0.29, 0.717) is 5.56 Å². The summed E-state index contributed by atoms with van der Waals surface area (Å²) in [5, 5.41) is 20.1. The molecule has 1 aromatic heterocycles. The number of benzene rings is 1. The van der Waals surface area contributed by atoms with Crippen molar-refractivity contribution in [3.8, 4) is 5.75 Å². The smallest absolute Gasteiger partial charge is 0.311 e. The van der Waals surface area contributed by atoms with Crippen molar-refractivity contribution in [3.05, 3.63) is 52.1 Å². The first kappa shape index (κ1) is 15.0. The van der Waals surface area contributed by atoms with E-state index in [0.717, 1.165) is 5.69 Å². The molecule has 0 aliphatic rings. The maximum absolute atomic E-state index is 11.1. The number of imidazole rings is 1. The third-order valence-electron chi connectivity index (χ3n) is 3.08. The number of nitrogens with zero attached hydrogens (tertiary/aromatic N) is 3. The quantitative estimate of drug-likeness (QED) is 0.652. The van der Waals surface area contributed by atoms with E-state index in [1.807, 2.05) is 18.4 Å². The van der Waals surface area contributed by atoms with Gasteiger partial charge in [0.05, 0.1) is 29.7 Å². The Morgan fingerprint density at radius 3 is 2.86 bits per heavy atom. The van der Waals surface area contributed by atoms with Gasteiger partial charge in [-0.1, -0.05) is 6.07 Å². The molecule has 0 aliphatic heterocycles. The lowest BCUT2D eigenvalue weighted by Crippen LogP contribution is -2.08. The first-order valence-electron chi connectivity index (χ1n) is 6.54. The van der Waals surface area contributed by atoms with Crippen molar-refractivity contribution in [3.63, 3.8) is 0 Å². The highest BCUT2D eigenvalue weighted by Crippen LogP contribution is 2.29. The summed E-state index contributed by atoms with van der Waals surface area (Å²) in [6.45, 7) is 3.98. The number of nitro groups is 1. The lowest BCUT2D eigenvalue weighted by molar-refractivity contribution is -0.386. The van der Waals surface area contributed by atoms with Crippen LogP contribution < -0.4 is 4.74 Å². The van der Waals surface area contributed by atoms with E-state index in [4.69, 9.17) is 9.84 Å². The first-order chi connectivity index (χ1) is 10.0. The Bertz CT molecular complexity index is 637. The van der Waals surface area contributed by atoms with Crippen LogP contribution in [0.15, 0.2) is 30.7 Å². The summed E-state index contributed by atoms with van der Waals surface area (Å²) < 4.78 is 7.49. The average molecular weight is 291 g/mol. The van der Waals surface area contributed by atoms with E-state index in [1.165, 1.54) is 12.1 Å². The van der Waals surface area contributed by atoms with Crippen molar-refractivity contribution >= 4 is 5.69 Å². The Morgan fingerprint density at radius 2 is 2.24 bits per heavy atom. The molecule has 0 saturated carbocycles. The number of ether oxygens (including phenoxy) is 1. The van der Waals surface area contributed by atoms with Gasteiger partial charge in [-0.2, -0.15) is 0 Å². The van der Waals surface area contributed by atoms with Crippen molar-refractivity contribution in [2.75, 3.05) is 0 Å². The molecule has 21 heavy (non-hydrogen) atoms. The van der Waals surface area contributed by atoms with E-state index >= 15 is 0 Å². The van der Waals surface area contributed by atoms with Crippen LogP contribution in [0, 0.1) is 10.1 Å². The monoisotopic (exact) mass is 291 g/mol. The zero-order valence-electron chi connectivity index (χ0n) is 11.9. The van der Waals surface area contributed by atoms with Crippen LogP contribution in [0.25, 0.3) is 0 Å². The number of aliphatic hydroxyl groups is 1. The predicted octanol–water partition coefficient (Wildman–Crippen LogP) is 2.44. The van der Waals surface area contributed by atoms with Crippen LogP contribution >= 0.6 is 0 Å². The normalized spacial score (nSPS) is 10.9. The van der Waals surface area contributed by atoms with E-state index in [9.17, 15) is 10.1 Å². The van der Waals surface area contributed by atoms with E-state index in [2.05, 4.69) is 4.98 Å². The molecule has 112 valence electrons. The van der Waals surface area contributed by atoms with Crippen LogP contribution in [0.1, 0.15) is 31.1 Å². The molecule has 0 radical (unpaired) electrons. The Morgan fingerprint density at radius 1 is 1.48 bits per heavy atom. The van der Waals surface area contributed by atoms with Gasteiger partial charge in [-0.3, -0.25) is 10.1 Å². The average Bonchev–Trinajstić information content (AvgIpc) is 2.93. The predicted molar refractivity (Wildman–Crippen MR) is 76.0 cm³/mol. The first-order valence-corrected chi connectivity index (χ1v) is 6.54. The number of nitro benzene ring substituents is 1. The molecule has 0 unspecified atom stereocenters. The minimum absolute atomic E-state index is 0.155. The molecule has 0 atom stereocenters. The topological polar surface area (TPSA) is 90.4 Å². The van der Waals surface area contributed by atoms with E-state index in [-0.39, 0.29) is 30.7 Å². The summed E-state index contributed by atoms with van der Waals surface area (Å²) in [4.78, 5) is 14.6. The standard InChI is InChI=1S/C14H17N3O4/c1-10(2)16-9-15-6-12(16)8-21-14-4-3-11(7-18)5-13(14)17(19)20/h3-6,9-10,18H,7-8H2,1-2H3. The molecular formula is C14H17N3O4. The molecule has 7 heteroatoms. The fraction of sp³-hybridized carbons (Fsp3) is 0.357. The summed E-state index contributed by atoms with van der Waals surface area (Å²) in [7, 11) is 0. The second kappa shape index (κ2) is 6.36. The van der Waals surface area contributed by atoms with Crippen LogP contribution in [0.4, 0.5) is 5.69 Å². The van der Waals surface area contributed by atoms with Gasteiger partial charge < -0.3 is 14.4 Å². The molecule has 1 heterocycles. The summed E-state index contributed by atoms with van der Waals surface area (Å²) in [5.74, 6) is 0.175. The van der Waals surface area contributed by atoms with E-state index < -0.39 is 4.92 Å². The van der Waals surface area contributed by atoms with Crippen molar-refractivity contribution < 1.29 is 14.8 Å². The van der Waals surface area contributed by atoms with Gasteiger partial charge in [0.2, 0.25) is 0 Å². The highest BCUT2D eigenvalue weighted by Gasteiger charge is 2.17. The second-order valence-electron chi connectivity index (χ2n) is 4.89. The maximum atomic E-state index is 11.1. The Hall–Kier alpha value is -2.41. The molecule has 0 fully saturated rings. The van der Waals surface area contributed by atoms with Crippen LogP contribution in [-0.2, 0) is 13.2 Å². The van der Waals surface area contributed by atoms with E-state index in [1.54, 1.807) is 18.6 Å². The van der Waals surface area contributed by atoms with Gasteiger partial charge in [-0.25, -0.2) is 4.98 Å². The largest absolute Gasteiger partial charge is 0.480 e. The van der Waals surface area contributed by atoms with Gasteiger partial charge in [0.1, 0.15) is 6.61 Å². The molecule has 2 rings (SSSR count). The summed E-state index contributed by atoms with van der Waals surface area (Å²) in [5.41, 5.74) is 1.16. The van der Waals surface area contributed by atoms with Crippen LogP contribution in [0.5, 0.6) is 5.75 Å². The fourth-order valence-corrected chi connectivity index (χ4v) is 1.99. The van der Waals surface area contributed by atoms with Crippen molar-refractivity contribution in [2.24, 2.45) is 0 Å². The summed E-state index contributed by atoms with van der Waals surface area (Å²) in [6.07, 6.45) is 3.38. The SMILES string of the molecule is CC(C)n1cncc1COc1ccc(CO)cc1[N+](=O)[O-]. The lowest BCUT2D eigenvalue weighted by Gasteiger charge is -2.12. The number of aromatic nitrogens is 2. The molecule has 0 bridgehead atoms. The van der Waals surface area contributed by atoms with Gasteiger partial charge in [-0.15, -0.1) is 0 Å². The van der Waals surface area contributed by atoms with Crippen LogP contribution in [0.2, 0.25) is 0 Å². The number of aliphatic hydroxyl groups excluding tert-OH is 1.